The van der Waals surface area contributed by atoms with E-state index in [4.69, 9.17) is 4.74 Å². The van der Waals surface area contributed by atoms with E-state index >= 15 is 0 Å². The molecule has 2 heterocycles. The number of anilines is 1. The van der Waals surface area contributed by atoms with Crippen LogP contribution in [0.3, 0.4) is 0 Å². The Morgan fingerprint density at radius 1 is 1.12 bits per heavy atom. The monoisotopic (exact) mass is 465 g/mol. The van der Waals surface area contributed by atoms with E-state index in [-0.39, 0.29) is 24.0 Å². The zero-order valence-electron chi connectivity index (χ0n) is 19.1. The van der Waals surface area contributed by atoms with E-state index in [0.717, 1.165) is 44.0 Å². The summed E-state index contributed by atoms with van der Waals surface area (Å²) >= 11 is 0. The molecule has 1 saturated heterocycles. The number of rotatable bonds is 7. The number of hydrogen-bond donors (Lipinski definition) is 2. The molecule has 0 bridgehead atoms. The third kappa shape index (κ3) is 6.49. The molecule has 1 aliphatic rings. The minimum Gasteiger partial charge on any atom is -0.379 e. The number of halogens is 1. The van der Waals surface area contributed by atoms with Gasteiger partial charge in [0.1, 0.15) is 5.82 Å². The summed E-state index contributed by atoms with van der Waals surface area (Å²) in [6, 6.07) is 14.6. The second-order valence-corrected chi connectivity index (χ2v) is 8.27. The molecule has 178 valence electrons. The molecule has 0 aliphatic carbocycles. The lowest BCUT2D eigenvalue weighted by Gasteiger charge is -2.26. The van der Waals surface area contributed by atoms with Crippen LogP contribution < -0.4 is 16.2 Å². The van der Waals surface area contributed by atoms with Gasteiger partial charge < -0.3 is 15.4 Å². The molecule has 0 atom stereocenters. The van der Waals surface area contributed by atoms with Gasteiger partial charge in [-0.1, -0.05) is 12.1 Å². The van der Waals surface area contributed by atoms with Crippen molar-refractivity contribution in [3.63, 3.8) is 0 Å². The van der Waals surface area contributed by atoms with Gasteiger partial charge in [-0.15, -0.1) is 0 Å². The third-order valence-corrected chi connectivity index (χ3v) is 5.54. The van der Waals surface area contributed by atoms with Crippen LogP contribution in [0.15, 0.2) is 59.4 Å². The molecule has 0 radical (unpaired) electrons. The van der Waals surface area contributed by atoms with E-state index in [1.807, 2.05) is 18.2 Å². The van der Waals surface area contributed by atoms with Crippen molar-refractivity contribution in [2.24, 2.45) is 0 Å². The Morgan fingerprint density at radius 3 is 2.74 bits per heavy atom. The zero-order valence-corrected chi connectivity index (χ0v) is 19.1. The number of amides is 2. The van der Waals surface area contributed by atoms with Gasteiger partial charge in [0.2, 0.25) is 0 Å². The topological polar surface area (TPSA) is 88.5 Å². The van der Waals surface area contributed by atoms with Crippen LogP contribution in [0, 0.1) is 12.7 Å². The van der Waals surface area contributed by atoms with Crippen LogP contribution in [0.2, 0.25) is 0 Å². The molecule has 2 amide bonds. The maximum atomic E-state index is 13.8. The van der Waals surface area contributed by atoms with Crippen molar-refractivity contribution < 1.29 is 13.9 Å². The smallest absolute Gasteiger partial charge is 0.319 e. The fourth-order valence-corrected chi connectivity index (χ4v) is 3.85. The predicted molar refractivity (Wildman–Crippen MR) is 128 cm³/mol. The number of carbonyl (C=O) groups is 1. The summed E-state index contributed by atoms with van der Waals surface area (Å²) in [5.41, 5.74) is 3.04. The molecule has 4 rings (SSSR count). The Morgan fingerprint density at radius 2 is 1.94 bits per heavy atom. The van der Waals surface area contributed by atoms with Gasteiger partial charge in [0.15, 0.2) is 0 Å². The van der Waals surface area contributed by atoms with Crippen LogP contribution in [0.25, 0.3) is 11.3 Å². The summed E-state index contributed by atoms with van der Waals surface area (Å²) < 4.78 is 20.5. The highest BCUT2D eigenvalue weighted by atomic mass is 19.1. The van der Waals surface area contributed by atoms with E-state index < -0.39 is 0 Å². The molecule has 34 heavy (non-hydrogen) atoms. The van der Waals surface area contributed by atoms with Crippen LogP contribution in [0.4, 0.5) is 14.9 Å². The second-order valence-electron chi connectivity index (χ2n) is 8.27. The predicted octanol–water partition coefficient (Wildman–Crippen LogP) is 2.86. The molecular formula is C25H28FN5O3. The lowest BCUT2D eigenvalue weighted by atomic mass is 10.1. The molecular weight excluding hydrogens is 437 g/mol. The van der Waals surface area contributed by atoms with Gasteiger partial charge in [0.05, 0.1) is 25.5 Å². The standard InChI is InChI=1S/C25H28FN5O3/c1-18-13-20(16-21(26)14-18)23-5-6-24(32)31(29-23)17-19-3-2-4-22(15-19)28-25(33)27-7-8-30-9-11-34-12-10-30/h2-6,13-16H,7-12,17H2,1H3,(H2,27,28,33). The fraction of sp³-hybridized carbons (Fsp3) is 0.320. The highest BCUT2D eigenvalue weighted by molar-refractivity contribution is 5.89. The molecule has 2 N–H and O–H groups in total. The second kappa shape index (κ2) is 11.0. The van der Waals surface area contributed by atoms with Crippen molar-refractivity contribution in [3.8, 4) is 11.3 Å². The Balaban J connectivity index is 1.39. The van der Waals surface area contributed by atoms with Crippen LogP contribution in [-0.4, -0.2) is 60.1 Å². The number of morpholine rings is 1. The maximum Gasteiger partial charge on any atom is 0.319 e. The number of aryl methyl sites for hydroxylation is 1. The number of hydrogen-bond acceptors (Lipinski definition) is 5. The van der Waals surface area contributed by atoms with Crippen LogP contribution in [0.1, 0.15) is 11.1 Å². The van der Waals surface area contributed by atoms with Crippen LogP contribution in [-0.2, 0) is 11.3 Å². The van der Waals surface area contributed by atoms with E-state index in [1.165, 1.54) is 22.9 Å². The minimum atomic E-state index is -0.350. The summed E-state index contributed by atoms with van der Waals surface area (Å²) in [4.78, 5) is 26.9. The van der Waals surface area contributed by atoms with Gasteiger partial charge in [-0.05, 0) is 54.4 Å². The number of nitrogens with one attached hydrogen (secondary N) is 2. The average molecular weight is 466 g/mol. The largest absolute Gasteiger partial charge is 0.379 e. The molecule has 1 fully saturated rings. The Bertz CT molecular complexity index is 1190. The van der Waals surface area contributed by atoms with Crippen molar-refractivity contribution in [2.45, 2.75) is 13.5 Å². The molecule has 2 aromatic carbocycles. The van der Waals surface area contributed by atoms with Crippen molar-refractivity contribution in [1.29, 1.82) is 0 Å². The molecule has 0 spiro atoms. The van der Waals surface area contributed by atoms with E-state index in [1.54, 1.807) is 25.1 Å². The number of carbonyl (C=O) groups excluding carboxylic acids is 1. The lowest BCUT2D eigenvalue weighted by Crippen LogP contribution is -2.42. The quantitative estimate of drug-likeness (QED) is 0.560. The highest BCUT2D eigenvalue weighted by Gasteiger charge is 2.11. The Hall–Kier alpha value is -3.56. The minimum absolute atomic E-state index is 0.217. The third-order valence-electron chi connectivity index (χ3n) is 5.54. The van der Waals surface area contributed by atoms with E-state index in [2.05, 4.69) is 20.6 Å². The van der Waals surface area contributed by atoms with Gasteiger partial charge in [0.25, 0.3) is 5.56 Å². The summed E-state index contributed by atoms with van der Waals surface area (Å²) in [6.45, 7) is 6.53. The Kier molecular flexibility index (Phi) is 7.66. The van der Waals surface area contributed by atoms with Crippen LogP contribution >= 0.6 is 0 Å². The highest BCUT2D eigenvalue weighted by Crippen LogP contribution is 2.19. The van der Waals surface area contributed by atoms with Gasteiger partial charge in [-0.25, -0.2) is 13.9 Å². The number of benzene rings is 2. The van der Waals surface area contributed by atoms with Gasteiger partial charge in [0, 0.05) is 43.5 Å². The summed E-state index contributed by atoms with van der Waals surface area (Å²) in [5.74, 6) is -0.350. The Labute approximate surface area is 197 Å². The average Bonchev–Trinajstić information content (AvgIpc) is 2.81. The molecule has 0 unspecified atom stereocenters. The first-order chi connectivity index (χ1) is 16.5. The lowest BCUT2D eigenvalue weighted by molar-refractivity contribution is 0.0388. The van der Waals surface area contributed by atoms with Crippen molar-refractivity contribution >= 4 is 11.7 Å². The summed E-state index contributed by atoms with van der Waals surface area (Å²) in [6.07, 6.45) is 0. The number of nitrogens with zero attached hydrogens (tertiary/aromatic N) is 3. The fourth-order valence-electron chi connectivity index (χ4n) is 3.85. The van der Waals surface area contributed by atoms with Gasteiger partial charge in [-0.3, -0.25) is 9.69 Å². The molecule has 9 heteroatoms. The van der Waals surface area contributed by atoms with Gasteiger partial charge >= 0.3 is 6.03 Å². The zero-order chi connectivity index (χ0) is 23.9. The molecule has 1 aromatic heterocycles. The molecule has 8 nitrogen and oxygen atoms in total. The SMILES string of the molecule is Cc1cc(F)cc(-c2ccc(=O)n(Cc3cccc(NC(=O)NCCN4CCOCC4)c3)n2)c1. The number of aromatic nitrogens is 2. The molecule has 3 aromatic rings. The van der Waals surface area contributed by atoms with Crippen molar-refractivity contribution in [1.82, 2.24) is 20.0 Å². The molecule has 0 saturated carbocycles. The maximum absolute atomic E-state index is 13.8. The first-order valence-corrected chi connectivity index (χ1v) is 11.3. The number of ether oxygens (including phenoxy) is 1. The normalized spacial score (nSPS) is 14.1. The van der Waals surface area contributed by atoms with E-state index in [0.29, 0.717) is 23.5 Å². The molecule has 1 aliphatic heterocycles. The van der Waals surface area contributed by atoms with Crippen molar-refractivity contribution in [3.05, 3.63) is 81.9 Å². The van der Waals surface area contributed by atoms with Crippen LogP contribution in [0.5, 0.6) is 0 Å². The first-order valence-electron chi connectivity index (χ1n) is 11.3. The van der Waals surface area contributed by atoms with E-state index in [9.17, 15) is 14.0 Å². The summed E-state index contributed by atoms with van der Waals surface area (Å²) in [5, 5.41) is 10.1. The van der Waals surface area contributed by atoms with Crippen molar-refractivity contribution in [2.75, 3.05) is 44.7 Å². The first kappa shape index (κ1) is 23.6. The van der Waals surface area contributed by atoms with Gasteiger partial charge in [-0.2, -0.15) is 5.10 Å². The number of urea groups is 1. The summed E-state index contributed by atoms with van der Waals surface area (Å²) in [7, 11) is 0.